The van der Waals surface area contributed by atoms with Gasteiger partial charge in [-0.2, -0.15) is 0 Å². The maximum absolute atomic E-state index is 14.7. The lowest BCUT2D eigenvalue weighted by Gasteiger charge is -2.32. The number of benzene rings is 1. The van der Waals surface area contributed by atoms with Gasteiger partial charge in [0, 0.05) is 6.07 Å². The van der Waals surface area contributed by atoms with Gasteiger partial charge < -0.3 is 14.0 Å². The molecule has 5 rings (SSSR count). The zero-order chi connectivity index (χ0) is 22.1. The van der Waals surface area contributed by atoms with E-state index in [0.29, 0.717) is 16.9 Å². The largest absolute Gasteiger partial charge is 0.514 e. The second-order valence-electron chi connectivity index (χ2n) is 8.75. The van der Waals surface area contributed by atoms with E-state index >= 15 is 0 Å². The Morgan fingerprint density at radius 2 is 1.74 bits per heavy atom. The number of fused-ring (bicyclic) bond motifs is 2. The normalized spacial score (nSPS) is 19.2. The van der Waals surface area contributed by atoms with Gasteiger partial charge in [0.1, 0.15) is 17.3 Å². The molecule has 0 saturated carbocycles. The molecular weight excluding hydrogens is 407 g/mol. The van der Waals surface area contributed by atoms with E-state index in [2.05, 4.69) is 9.97 Å². The van der Waals surface area contributed by atoms with Crippen LogP contribution in [0.4, 0.5) is 8.78 Å². The average Bonchev–Trinajstić information content (AvgIpc) is 3.23. The average molecular weight is 427 g/mol. The first-order chi connectivity index (χ1) is 14.6. The maximum Gasteiger partial charge on any atom is 0.514 e. The van der Waals surface area contributed by atoms with Gasteiger partial charge >= 0.3 is 7.12 Å². The van der Waals surface area contributed by atoms with Gasteiger partial charge in [-0.25, -0.2) is 23.1 Å². The van der Waals surface area contributed by atoms with Gasteiger partial charge in [0.2, 0.25) is 0 Å². The standard InChI is InChI=1S/C21H20BF2N3O4/c1-20(2)21(3,4)31-22(30-20)16-8-17-25-15-10-29-9-13(15)19(28)27(17)18(26-16)12-6-5-11(23)7-14(12)24/h5-8H,9-10H2,1-4H3. The van der Waals surface area contributed by atoms with Gasteiger partial charge in [-0.05, 0) is 45.9 Å². The number of ether oxygens (including phenoxy) is 1. The number of hydrogen-bond acceptors (Lipinski definition) is 6. The summed E-state index contributed by atoms with van der Waals surface area (Å²) in [5.74, 6) is -1.58. The molecule has 0 aliphatic carbocycles. The van der Waals surface area contributed by atoms with Crippen LogP contribution in [0.3, 0.4) is 0 Å². The fourth-order valence-corrected chi connectivity index (χ4v) is 3.71. The fraction of sp³-hybridized carbons (Fsp3) is 0.381. The lowest BCUT2D eigenvalue weighted by atomic mass is 9.84. The highest BCUT2D eigenvalue weighted by Gasteiger charge is 2.52. The van der Waals surface area contributed by atoms with Crippen LogP contribution in [-0.2, 0) is 27.3 Å². The van der Waals surface area contributed by atoms with E-state index in [4.69, 9.17) is 14.0 Å². The quantitative estimate of drug-likeness (QED) is 0.585. The van der Waals surface area contributed by atoms with Gasteiger partial charge in [-0.15, -0.1) is 0 Å². The summed E-state index contributed by atoms with van der Waals surface area (Å²) >= 11 is 0. The predicted molar refractivity (Wildman–Crippen MR) is 109 cm³/mol. The summed E-state index contributed by atoms with van der Waals surface area (Å²) in [6.45, 7) is 7.95. The number of aromatic nitrogens is 3. The molecule has 1 aromatic carbocycles. The molecule has 160 valence electrons. The first kappa shape index (κ1) is 20.2. The molecule has 0 radical (unpaired) electrons. The highest BCUT2D eigenvalue weighted by Crippen LogP contribution is 2.36. The summed E-state index contributed by atoms with van der Waals surface area (Å²) in [5.41, 5.74) is -0.155. The molecule has 4 heterocycles. The van der Waals surface area contributed by atoms with Gasteiger partial charge in [0.25, 0.3) is 5.56 Å². The predicted octanol–water partition coefficient (Wildman–Crippen LogP) is 2.36. The van der Waals surface area contributed by atoms with Crippen molar-refractivity contribution in [2.75, 3.05) is 0 Å². The van der Waals surface area contributed by atoms with Crippen LogP contribution in [-0.4, -0.2) is 32.7 Å². The summed E-state index contributed by atoms with van der Waals surface area (Å²) in [6, 6.07) is 4.70. The third-order valence-electron chi connectivity index (χ3n) is 6.16. The molecule has 0 unspecified atom stereocenters. The Balaban J connectivity index is 1.78. The van der Waals surface area contributed by atoms with Gasteiger partial charge in [-0.3, -0.25) is 4.79 Å². The van der Waals surface area contributed by atoms with Crippen molar-refractivity contribution in [2.45, 2.75) is 52.1 Å². The van der Waals surface area contributed by atoms with Gasteiger partial charge in [0.05, 0.1) is 46.8 Å². The zero-order valence-corrected chi connectivity index (χ0v) is 17.5. The monoisotopic (exact) mass is 427 g/mol. The third-order valence-corrected chi connectivity index (χ3v) is 6.16. The molecule has 0 amide bonds. The number of rotatable bonds is 2. The van der Waals surface area contributed by atoms with Gasteiger partial charge in [0.15, 0.2) is 5.82 Å². The van der Waals surface area contributed by atoms with Crippen molar-refractivity contribution in [1.82, 2.24) is 14.4 Å². The summed E-state index contributed by atoms with van der Waals surface area (Å²) < 4.78 is 47.0. The molecule has 0 spiro atoms. The lowest BCUT2D eigenvalue weighted by Crippen LogP contribution is -2.41. The van der Waals surface area contributed by atoms with Crippen molar-refractivity contribution < 1.29 is 22.8 Å². The Morgan fingerprint density at radius 1 is 1.03 bits per heavy atom. The summed E-state index contributed by atoms with van der Waals surface area (Å²) in [7, 11) is -0.848. The minimum atomic E-state index is -0.848. The second kappa shape index (κ2) is 6.65. The van der Waals surface area contributed by atoms with Crippen molar-refractivity contribution in [3.8, 4) is 11.4 Å². The van der Waals surface area contributed by atoms with Crippen molar-refractivity contribution in [3.05, 3.63) is 57.5 Å². The molecule has 0 bridgehead atoms. The molecule has 10 heteroatoms. The summed E-state index contributed by atoms with van der Waals surface area (Å²) in [6.07, 6.45) is 0. The van der Waals surface area contributed by atoms with Crippen molar-refractivity contribution in [2.24, 2.45) is 0 Å². The molecule has 2 aromatic heterocycles. The molecule has 0 atom stereocenters. The van der Waals surface area contributed by atoms with E-state index in [1.54, 1.807) is 6.07 Å². The summed E-state index contributed by atoms with van der Waals surface area (Å²) in [5, 5.41) is 0. The smallest absolute Gasteiger partial charge is 0.398 e. The zero-order valence-electron chi connectivity index (χ0n) is 17.5. The molecule has 1 saturated heterocycles. The SMILES string of the molecule is CC1(C)OB(c2cc3nc4c(c(=O)n3c(-c3ccc(F)cc3F)n2)COC4)OC1(C)C. The molecule has 7 nitrogen and oxygen atoms in total. The van der Waals surface area contributed by atoms with Crippen LogP contribution in [0, 0.1) is 11.6 Å². The van der Waals surface area contributed by atoms with Crippen LogP contribution in [0.15, 0.2) is 29.1 Å². The second-order valence-corrected chi connectivity index (χ2v) is 8.75. The maximum atomic E-state index is 14.7. The van der Waals surface area contributed by atoms with E-state index in [1.807, 2.05) is 27.7 Å². The first-order valence-corrected chi connectivity index (χ1v) is 9.92. The van der Waals surface area contributed by atoms with Crippen LogP contribution < -0.4 is 11.2 Å². The molecule has 1 fully saturated rings. The van der Waals surface area contributed by atoms with E-state index < -0.39 is 35.5 Å². The number of halogens is 2. The highest BCUT2D eigenvalue weighted by atomic mass is 19.1. The van der Waals surface area contributed by atoms with Crippen LogP contribution >= 0.6 is 0 Å². The molecule has 3 aromatic rings. The third kappa shape index (κ3) is 3.09. The number of nitrogens with zero attached hydrogens (tertiary/aromatic N) is 3. The van der Waals surface area contributed by atoms with Crippen LogP contribution in [0.25, 0.3) is 17.0 Å². The van der Waals surface area contributed by atoms with E-state index in [1.165, 1.54) is 10.5 Å². The molecule has 0 N–H and O–H groups in total. The van der Waals surface area contributed by atoms with Gasteiger partial charge in [-0.1, -0.05) is 0 Å². The Morgan fingerprint density at radius 3 is 2.42 bits per heavy atom. The Kier molecular flexibility index (Phi) is 4.34. The van der Waals surface area contributed by atoms with Crippen LogP contribution in [0.1, 0.15) is 39.0 Å². The minimum Gasteiger partial charge on any atom is -0.398 e. The molecule has 31 heavy (non-hydrogen) atoms. The molecule has 2 aliphatic rings. The first-order valence-electron chi connectivity index (χ1n) is 9.92. The molecular formula is C21H20BF2N3O4. The minimum absolute atomic E-state index is 0.00749. The van der Waals surface area contributed by atoms with Crippen molar-refractivity contribution >= 4 is 18.4 Å². The Labute approximate surface area is 177 Å². The van der Waals surface area contributed by atoms with E-state index in [9.17, 15) is 13.6 Å². The van der Waals surface area contributed by atoms with E-state index in [0.717, 1.165) is 12.1 Å². The fourth-order valence-electron chi connectivity index (χ4n) is 3.71. The van der Waals surface area contributed by atoms with Crippen molar-refractivity contribution in [3.63, 3.8) is 0 Å². The Bertz CT molecular complexity index is 1280. The van der Waals surface area contributed by atoms with Crippen LogP contribution in [0.2, 0.25) is 0 Å². The lowest BCUT2D eigenvalue weighted by molar-refractivity contribution is 0.00578. The Hall–Kier alpha value is -2.69. The van der Waals surface area contributed by atoms with E-state index in [-0.39, 0.29) is 30.2 Å². The molecule has 2 aliphatic heterocycles. The van der Waals surface area contributed by atoms with Crippen molar-refractivity contribution in [1.29, 1.82) is 0 Å². The topological polar surface area (TPSA) is 75.0 Å². The highest BCUT2D eigenvalue weighted by molar-refractivity contribution is 6.61. The van der Waals surface area contributed by atoms with Crippen LogP contribution in [0.5, 0.6) is 0 Å². The number of hydrogen-bond donors (Lipinski definition) is 0. The summed E-state index contributed by atoms with van der Waals surface area (Å²) in [4.78, 5) is 22.3.